The smallest absolute Gasteiger partial charge is 0.245 e. The Kier molecular flexibility index (Phi) is 6.49. The molecule has 6 nitrogen and oxygen atoms in total. The molecule has 0 radical (unpaired) electrons. The Bertz CT molecular complexity index is 916. The highest BCUT2D eigenvalue weighted by Crippen LogP contribution is 2.25. The van der Waals surface area contributed by atoms with Gasteiger partial charge >= 0.3 is 0 Å². The zero-order valence-corrected chi connectivity index (χ0v) is 17.2. The normalized spacial score (nSPS) is 11.1. The number of nitrogens with zero attached hydrogens (tertiary/aromatic N) is 1. The molecule has 0 atom stereocenters. The van der Waals surface area contributed by atoms with Gasteiger partial charge in [0.1, 0.15) is 12.3 Å². The predicted octanol–water partition coefficient (Wildman–Crippen LogP) is 3.42. The second kappa shape index (κ2) is 8.43. The highest BCUT2D eigenvalue weighted by Gasteiger charge is 2.22. The van der Waals surface area contributed by atoms with Gasteiger partial charge in [-0.15, -0.1) is 0 Å². The lowest BCUT2D eigenvalue weighted by molar-refractivity contribution is -0.114. The van der Waals surface area contributed by atoms with Crippen LogP contribution < -0.4 is 14.4 Å². The lowest BCUT2D eigenvalue weighted by Gasteiger charge is -2.23. The van der Waals surface area contributed by atoms with Crippen LogP contribution in [0.5, 0.6) is 5.75 Å². The predicted molar refractivity (Wildman–Crippen MR) is 109 cm³/mol. The highest BCUT2D eigenvalue weighted by molar-refractivity contribution is 7.92. The van der Waals surface area contributed by atoms with Gasteiger partial charge in [-0.25, -0.2) is 8.42 Å². The van der Waals surface area contributed by atoms with Crippen molar-refractivity contribution in [1.29, 1.82) is 0 Å². The molecule has 146 valence electrons. The molecule has 2 aromatic carbocycles. The van der Waals surface area contributed by atoms with Crippen LogP contribution in [-0.4, -0.2) is 33.7 Å². The second-order valence-corrected chi connectivity index (χ2v) is 8.43. The fourth-order valence-electron chi connectivity index (χ4n) is 2.98. The Morgan fingerprint density at radius 1 is 1.11 bits per heavy atom. The van der Waals surface area contributed by atoms with Crippen molar-refractivity contribution >= 4 is 27.3 Å². The number of carbonyl (C=O) groups is 1. The summed E-state index contributed by atoms with van der Waals surface area (Å²) in [6.45, 7) is 7.81. The van der Waals surface area contributed by atoms with Crippen LogP contribution in [0, 0.1) is 20.8 Å². The lowest BCUT2D eigenvalue weighted by atomic mass is 10.1. The Hall–Kier alpha value is -2.54. The first-order valence-corrected chi connectivity index (χ1v) is 10.5. The minimum Gasteiger partial charge on any atom is -0.494 e. The minimum absolute atomic E-state index is 0.318. The van der Waals surface area contributed by atoms with E-state index in [4.69, 9.17) is 4.74 Å². The number of rotatable bonds is 7. The van der Waals surface area contributed by atoms with Gasteiger partial charge in [-0.3, -0.25) is 9.10 Å². The van der Waals surface area contributed by atoms with Crippen molar-refractivity contribution in [2.24, 2.45) is 0 Å². The number of carbonyl (C=O) groups excluding carboxylic acids is 1. The Labute approximate surface area is 161 Å². The maximum Gasteiger partial charge on any atom is 0.245 e. The molecule has 27 heavy (non-hydrogen) atoms. The molecule has 1 amide bonds. The Balaban J connectivity index is 2.27. The fraction of sp³-hybridized carbons (Fsp3) is 0.350. The van der Waals surface area contributed by atoms with Gasteiger partial charge in [0.05, 0.1) is 18.6 Å². The van der Waals surface area contributed by atoms with Gasteiger partial charge in [-0.1, -0.05) is 23.8 Å². The van der Waals surface area contributed by atoms with Crippen molar-refractivity contribution in [2.75, 3.05) is 29.0 Å². The van der Waals surface area contributed by atoms with Gasteiger partial charge in [0.25, 0.3) is 0 Å². The maximum atomic E-state index is 12.6. The first kappa shape index (κ1) is 20.8. The molecule has 7 heteroatoms. The van der Waals surface area contributed by atoms with Gasteiger partial charge in [-0.05, 0) is 51.0 Å². The van der Waals surface area contributed by atoms with Crippen LogP contribution in [-0.2, 0) is 14.8 Å². The van der Waals surface area contributed by atoms with Crippen molar-refractivity contribution in [3.05, 3.63) is 53.1 Å². The molecule has 0 spiro atoms. The number of hydrogen-bond donors (Lipinski definition) is 1. The van der Waals surface area contributed by atoms with Crippen LogP contribution in [0.4, 0.5) is 11.4 Å². The molecule has 0 aliphatic carbocycles. The SMILES string of the molecule is CCOc1cccc(N(CC(=O)Nc2c(C)cc(C)cc2C)S(C)(=O)=O)c1. The van der Waals surface area contributed by atoms with Gasteiger partial charge in [0.15, 0.2) is 0 Å². The number of hydrogen-bond acceptors (Lipinski definition) is 4. The average molecular weight is 391 g/mol. The summed E-state index contributed by atoms with van der Waals surface area (Å²) < 4.78 is 31.0. The van der Waals surface area contributed by atoms with E-state index in [-0.39, 0.29) is 6.54 Å². The fourth-order valence-corrected chi connectivity index (χ4v) is 3.83. The van der Waals surface area contributed by atoms with Crippen molar-refractivity contribution in [3.63, 3.8) is 0 Å². The quantitative estimate of drug-likeness (QED) is 0.786. The zero-order chi connectivity index (χ0) is 20.2. The molecular weight excluding hydrogens is 364 g/mol. The molecule has 0 aliphatic heterocycles. The number of aryl methyl sites for hydroxylation is 3. The first-order chi connectivity index (χ1) is 12.6. The van der Waals surface area contributed by atoms with E-state index in [9.17, 15) is 13.2 Å². The molecular formula is C20H26N2O4S. The largest absolute Gasteiger partial charge is 0.494 e. The van der Waals surface area contributed by atoms with E-state index in [1.165, 1.54) is 0 Å². The van der Waals surface area contributed by atoms with E-state index in [2.05, 4.69) is 5.32 Å². The molecule has 2 rings (SSSR count). The number of sulfonamides is 1. The number of amides is 1. The van der Waals surface area contributed by atoms with Gasteiger partial charge in [0.2, 0.25) is 15.9 Å². The van der Waals surface area contributed by atoms with Crippen LogP contribution in [0.3, 0.4) is 0 Å². The summed E-state index contributed by atoms with van der Waals surface area (Å²) >= 11 is 0. The molecule has 0 bridgehead atoms. The van der Waals surface area contributed by atoms with Crippen LogP contribution in [0.15, 0.2) is 36.4 Å². The van der Waals surface area contributed by atoms with E-state index in [0.29, 0.717) is 23.7 Å². The molecule has 0 aliphatic rings. The van der Waals surface area contributed by atoms with Crippen LogP contribution in [0.2, 0.25) is 0 Å². The third-order valence-electron chi connectivity index (χ3n) is 4.05. The summed E-state index contributed by atoms with van der Waals surface area (Å²) in [6.07, 6.45) is 1.08. The monoisotopic (exact) mass is 390 g/mol. The molecule has 0 aromatic heterocycles. The topological polar surface area (TPSA) is 75.7 Å². The minimum atomic E-state index is -3.65. The summed E-state index contributed by atoms with van der Waals surface area (Å²) in [5.41, 5.74) is 4.07. The molecule has 0 saturated heterocycles. The second-order valence-electron chi connectivity index (χ2n) is 6.52. The average Bonchev–Trinajstić information content (AvgIpc) is 2.55. The van der Waals surface area contributed by atoms with E-state index in [0.717, 1.165) is 27.3 Å². The molecule has 0 heterocycles. The molecule has 1 N–H and O–H groups in total. The zero-order valence-electron chi connectivity index (χ0n) is 16.4. The third-order valence-corrected chi connectivity index (χ3v) is 5.19. The van der Waals surface area contributed by atoms with Crippen molar-refractivity contribution < 1.29 is 17.9 Å². The standard InChI is InChI=1S/C20H26N2O4S/c1-6-26-18-9-7-8-17(12-18)22(27(5,24)25)13-19(23)21-20-15(3)10-14(2)11-16(20)4/h7-12H,6,13H2,1-5H3,(H,21,23). The van der Waals surface area contributed by atoms with E-state index < -0.39 is 15.9 Å². The number of benzene rings is 2. The first-order valence-electron chi connectivity index (χ1n) is 8.70. The Morgan fingerprint density at radius 2 is 1.74 bits per heavy atom. The highest BCUT2D eigenvalue weighted by atomic mass is 32.2. The molecule has 0 fully saturated rings. The number of nitrogens with one attached hydrogen (secondary N) is 1. The van der Waals surface area contributed by atoms with Crippen molar-refractivity contribution in [1.82, 2.24) is 0 Å². The Morgan fingerprint density at radius 3 is 2.30 bits per heavy atom. The number of anilines is 2. The van der Waals surface area contributed by atoms with Crippen LogP contribution >= 0.6 is 0 Å². The van der Waals surface area contributed by atoms with Crippen molar-refractivity contribution in [2.45, 2.75) is 27.7 Å². The van der Waals surface area contributed by atoms with Gasteiger partial charge in [-0.2, -0.15) is 0 Å². The molecule has 2 aromatic rings. The molecule has 0 unspecified atom stereocenters. The lowest BCUT2D eigenvalue weighted by Crippen LogP contribution is -2.37. The van der Waals surface area contributed by atoms with E-state index in [1.54, 1.807) is 24.3 Å². The third kappa shape index (κ3) is 5.47. The number of ether oxygens (including phenoxy) is 1. The van der Waals surface area contributed by atoms with Gasteiger partial charge < -0.3 is 10.1 Å². The summed E-state index contributed by atoms with van der Waals surface area (Å²) in [7, 11) is -3.65. The summed E-state index contributed by atoms with van der Waals surface area (Å²) in [6, 6.07) is 10.6. The van der Waals surface area contributed by atoms with Crippen molar-refractivity contribution in [3.8, 4) is 5.75 Å². The summed E-state index contributed by atoms with van der Waals surface area (Å²) in [5, 5.41) is 2.84. The summed E-state index contributed by atoms with van der Waals surface area (Å²) in [5.74, 6) is 0.145. The van der Waals surface area contributed by atoms with E-state index >= 15 is 0 Å². The summed E-state index contributed by atoms with van der Waals surface area (Å²) in [4.78, 5) is 12.6. The molecule has 0 saturated carbocycles. The van der Waals surface area contributed by atoms with Crippen LogP contribution in [0.1, 0.15) is 23.6 Å². The maximum absolute atomic E-state index is 12.6. The van der Waals surface area contributed by atoms with Gasteiger partial charge in [0, 0.05) is 11.8 Å². The van der Waals surface area contributed by atoms with Crippen LogP contribution in [0.25, 0.3) is 0 Å². The van der Waals surface area contributed by atoms with E-state index in [1.807, 2.05) is 39.8 Å².